The lowest BCUT2D eigenvalue weighted by Gasteiger charge is -2.52. The van der Waals surface area contributed by atoms with E-state index in [-0.39, 0.29) is 17.7 Å². The largest absolute Gasteiger partial charge is 0.496 e. The van der Waals surface area contributed by atoms with Crippen LogP contribution >= 0.6 is 0 Å². The van der Waals surface area contributed by atoms with Gasteiger partial charge in [-0.2, -0.15) is 0 Å². The molecule has 1 N–H and O–H groups in total. The monoisotopic (exact) mass is 427 g/mol. The minimum Gasteiger partial charge on any atom is -0.496 e. The summed E-state index contributed by atoms with van der Waals surface area (Å²) in [5.41, 5.74) is 6.03. The average molecular weight is 428 g/mol. The normalized spacial score (nSPS) is 23.2. The summed E-state index contributed by atoms with van der Waals surface area (Å²) in [6.45, 7) is 5.76. The number of carbonyl (C=O) groups excluding carboxylic acids is 1. The molecule has 3 aromatic carbocycles. The number of nitrogens with one attached hydrogen (secondary N) is 1. The molecule has 0 saturated carbocycles. The Morgan fingerprint density at radius 3 is 2.47 bits per heavy atom. The molecule has 5 rings (SSSR count). The second-order valence-electron chi connectivity index (χ2n) is 9.02. The molecule has 1 heterocycles. The van der Waals surface area contributed by atoms with E-state index in [2.05, 4.69) is 61.6 Å². The molecule has 3 atom stereocenters. The van der Waals surface area contributed by atoms with Gasteiger partial charge in [0.15, 0.2) is 0 Å². The van der Waals surface area contributed by atoms with Crippen molar-refractivity contribution >= 4 is 5.91 Å². The third kappa shape index (κ3) is 3.09. The molecule has 0 fully saturated rings. The van der Waals surface area contributed by atoms with E-state index in [1.165, 1.54) is 16.7 Å². The van der Waals surface area contributed by atoms with Gasteiger partial charge in [0.25, 0.3) is 0 Å². The summed E-state index contributed by atoms with van der Waals surface area (Å²) in [4.78, 5) is 12.5. The van der Waals surface area contributed by atoms with Crippen LogP contribution in [0.3, 0.4) is 0 Å². The lowest BCUT2D eigenvalue weighted by atomic mass is 9.65. The number of rotatable bonds is 3. The molecular weight excluding hydrogens is 398 g/mol. The number of amides is 1. The molecule has 0 unspecified atom stereocenters. The summed E-state index contributed by atoms with van der Waals surface area (Å²) in [6, 6.07) is 21.1. The van der Waals surface area contributed by atoms with Gasteiger partial charge in [0.05, 0.1) is 7.11 Å². The van der Waals surface area contributed by atoms with Crippen molar-refractivity contribution in [1.29, 1.82) is 0 Å². The first kappa shape index (κ1) is 20.6. The maximum Gasteiger partial charge on any atom is 0.220 e. The summed E-state index contributed by atoms with van der Waals surface area (Å²) in [5.74, 6) is 1.81. The summed E-state index contributed by atoms with van der Waals surface area (Å²) in [7, 11) is 1.72. The summed E-state index contributed by atoms with van der Waals surface area (Å²) >= 11 is 0. The van der Waals surface area contributed by atoms with Crippen LogP contribution in [0.25, 0.3) is 0 Å². The average Bonchev–Trinajstić information content (AvgIpc) is 2.76. The Morgan fingerprint density at radius 1 is 1.06 bits per heavy atom. The Bertz CT molecular complexity index is 1180. The summed E-state index contributed by atoms with van der Waals surface area (Å²) < 4.78 is 12.4. The van der Waals surface area contributed by atoms with Crippen LogP contribution < -0.4 is 14.8 Å². The summed E-state index contributed by atoms with van der Waals surface area (Å²) in [6.07, 6.45) is 1.87. The van der Waals surface area contributed by atoms with Crippen molar-refractivity contribution in [3.63, 3.8) is 0 Å². The third-order valence-electron chi connectivity index (χ3n) is 7.00. The van der Waals surface area contributed by atoms with Gasteiger partial charge in [-0.25, -0.2) is 0 Å². The number of fused-ring (bicyclic) bond motifs is 4. The van der Waals surface area contributed by atoms with Crippen LogP contribution in [0, 0.1) is 19.8 Å². The predicted octanol–water partition coefficient (Wildman–Crippen LogP) is 5.39. The van der Waals surface area contributed by atoms with Crippen molar-refractivity contribution in [1.82, 2.24) is 5.32 Å². The molecule has 0 spiro atoms. The number of hydrogen-bond acceptors (Lipinski definition) is 3. The van der Waals surface area contributed by atoms with Crippen molar-refractivity contribution in [2.75, 3.05) is 7.11 Å². The Labute approximate surface area is 189 Å². The first-order chi connectivity index (χ1) is 15.4. The molecule has 0 radical (unpaired) electrons. The fraction of sp³-hybridized carbons (Fsp3) is 0.321. The van der Waals surface area contributed by atoms with Gasteiger partial charge in [-0.3, -0.25) is 4.79 Å². The first-order valence-corrected chi connectivity index (χ1v) is 11.2. The first-order valence-electron chi connectivity index (χ1n) is 11.2. The van der Waals surface area contributed by atoms with Crippen molar-refractivity contribution in [3.05, 3.63) is 94.0 Å². The standard InChI is InChI=1S/C28H29NO3/c1-17-15-21(16-18(2)27(17)31-4)26-22-10-6-8-12-25(22)32-28(29-19(3)30)23-11-7-5-9-20(23)13-14-24(26)28/h5-12,15-16,24,26H,13-14H2,1-4H3,(H,29,30)/t24-,26+,28-/m0/s1. The van der Waals surface area contributed by atoms with Crippen LogP contribution in [-0.2, 0) is 16.9 Å². The maximum atomic E-state index is 12.5. The molecule has 1 amide bonds. The van der Waals surface area contributed by atoms with E-state index in [1.54, 1.807) is 14.0 Å². The number of ether oxygens (including phenoxy) is 2. The van der Waals surface area contributed by atoms with Gasteiger partial charge in [0.2, 0.25) is 11.6 Å². The van der Waals surface area contributed by atoms with E-state index in [0.717, 1.165) is 41.0 Å². The molecule has 3 aromatic rings. The predicted molar refractivity (Wildman–Crippen MR) is 125 cm³/mol. The van der Waals surface area contributed by atoms with Crippen molar-refractivity contribution in [3.8, 4) is 11.5 Å². The van der Waals surface area contributed by atoms with Crippen LogP contribution in [0.1, 0.15) is 52.6 Å². The third-order valence-corrected chi connectivity index (χ3v) is 7.00. The number of benzene rings is 3. The highest BCUT2D eigenvalue weighted by molar-refractivity contribution is 5.74. The van der Waals surface area contributed by atoms with Gasteiger partial charge >= 0.3 is 0 Å². The molecule has 4 heteroatoms. The van der Waals surface area contributed by atoms with E-state index in [4.69, 9.17) is 9.47 Å². The Morgan fingerprint density at radius 2 is 1.75 bits per heavy atom. The smallest absolute Gasteiger partial charge is 0.220 e. The van der Waals surface area contributed by atoms with Crippen molar-refractivity contribution < 1.29 is 14.3 Å². The van der Waals surface area contributed by atoms with E-state index in [9.17, 15) is 4.79 Å². The fourth-order valence-corrected chi connectivity index (χ4v) is 5.91. The molecule has 0 saturated heterocycles. The molecule has 32 heavy (non-hydrogen) atoms. The Hall–Kier alpha value is -3.27. The minimum atomic E-state index is -0.901. The number of methoxy groups -OCH3 is 1. The molecule has 1 aliphatic carbocycles. The Kier molecular flexibility index (Phi) is 4.96. The van der Waals surface area contributed by atoms with Crippen LogP contribution in [-0.4, -0.2) is 13.0 Å². The number of aryl methyl sites for hydroxylation is 3. The Balaban J connectivity index is 1.77. The van der Waals surface area contributed by atoms with Crippen LogP contribution in [0.4, 0.5) is 0 Å². The van der Waals surface area contributed by atoms with E-state index >= 15 is 0 Å². The summed E-state index contributed by atoms with van der Waals surface area (Å²) in [5, 5.41) is 3.26. The second kappa shape index (κ2) is 7.70. The zero-order valence-corrected chi connectivity index (χ0v) is 19.1. The highest BCUT2D eigenvalue weighted by Gasteiger charge is 2.54. The topological polar surface area (TPSA) is 47.6 Å². The van der Waals surface area contributed by atoms with Gasteiger partial charge in [-0.15, -0.1) is 0 Å². The van der Waals surface area contributed by atoms with E-state index in [1.807, 2.05) is 18.2 Å². The quantitative estimate of drug-likeness (QED) is 0.610. The number of hydrogen-bond donors (Lipinski definition) is 1. The maximum absolute atomic E-state index is 12.5. The van der Waals surface area contributed by atoms with Gasteiger partial charge in [-0.05, 0) is 55.0 Å². The van der Waals surface area contributed by atoms with Crippen molar-refractivity contribution in [2.24, 2.45) is 5.92 Å². The van der Waals surface area contributed by atoms with Gasteiger partial charge < -0.3 is 14.8 Å². The minimum absolute atomic E-state index is 0.0587. The van der Waals surface area contributed by atoms with Crippen LogP contribution in [0.5, 0.6) is 11.5 Å². The van der Waals surface area contributed by atoms with Gasteiger partial charge in [0.1, 0.15) is 11.5 Å². The molecule has 164 valence electrons. The van der Waals surface area contributed by atoms with Crippen LogP contribution in [0.2, 0.25) is 0 Å². The lowest BCUT2D eigenvalue weighted by Crippen LogP contribution is -2.60. The van der Waals surface area contributed by atoms with Gasteiger partial charge in [-0.1, -0.05) is 54.6 Å². The van der Waals surface area contributed by atoms with E-state index in [0.29, 0.717) is 0 Å². The fourth-order valence-electron chi connectivity index (χ4n) is 5.91. The molecule has 2 aliphatic rings. The highest BCUT2D eigenvalue weighted by Crippen LogP contribution is 2.55. The second-order valence-corrected chi connectivity index (χ2v) is 9.02. The molecule has 4 nitrogen and oxygen atoms in total. The highest BCUT2D eigenvalue weighted by atomic mass is 16.5. The number of para-hydroxylation sites is 1. The zero-order chi connectivity index (χ0) is 22.5. The molecule has 0 bridgehead atoms. The lowest BCUT2D eigenvalue weighted by molar-refractivity contribution is -0.132. The zero-order valence-electron chi connectivity index (χ0n) is 19.1. The van der Waals surface area contributed by atoms with E-state index < -0.39 is 5.72 Å². The number of carbonyl (C=O) groups is 1. The molecule has 1 aliphatic heterocycles. The van der Waals surface area contributed by atoms with Gasteiger partial charge in [0, 0.05) is 29.9 Å². The molecular formula is C28H29NO3. The molecule has 0 aromatic heterocycles. The van der Waals surface area contributed by atoms with Crippen molar-refractivity contribution in [2.45, 2.75) is 45.3 Å². The SMILES string of the molecule is COc1c(C)cc([C@@H]2c3ccccc3O[C@@]3(NC(C)=O)c4ccccc4CC[C@@H]23)cc1C. The van der Waals surface area contributed by atoms with Crippen LogP contribution in [0.15, 0.2) is 60.7 Å².